The number of ether oxygens (including phenoxy) is 2. The van der Waals surface area contributed by atoms with Crippen LogP contribution in [-0.4, -0.2) is 62.4 Å². The number of amides is 2. The molecule has 12 nitrogen and oxygen atoms in total. The van der Waals surface area contributed by atoms with Crippen LogP contribution >= 0.6 is 11.9 Å². The Morgan fingerprint density at radius 2 is 1.80 bits per heavy atom. The van der Waals surface area contributed by atoms with Crippen molar-refractivity contribution in [3.8, 4) is 5.75 Å². The van der Waals surface area contributed by atoms with Gasteiger partial charge in [0.1, 0.15) is 12.3 Å². The molecule has 1 aliphatic carbocycles. The Kier molecular flexibility index (Phi) is 7.33. The van der Waals surface area contributed by atoms with Crippen molar-refractivity contribution in [3.63, 3.8) is 0 Å². The van der Waals surface area contributed by atoms with Crippen LogP contribution in [0.25, 0.3) is 0 Å². The number of carboxylic acid groups (broad SMARTS) is 1. The van der Waals surface area contributed by atoms with Crippen LogP contribution < -0.4 is 10.1 Å². The van der Waals surface area contributed by atoms with E-state index in [0.717, 1.165) is 23.1 Å². The molecule has 2 aliphatic heterocycles. The predicted molar refractivity (Wildman–Crippen MR) is 152 cm³/mol. The molecule has 0 radical (unpaired) electrons. The third kappa shape index (κ3) is 4.76. The van der Waals surface area contributed by atoms with Gasteiger partial charge in [0.15, 0.2) is 11.5 Å². The first-order valence-corrected chi connectivity index (χ1v) is 13.5. The number of methoxy groups -OCH3 is 1. The smallest absolute Gasteiger partial charge is 0.423 e. The topological polar surface area (TPSA) is 155 Å². The summed E-state index contributed by atoms with van der Waals surface area (Å²) < 4.78 is 14.7. The van der Waals surface area contributed by atoms with Crippen molar-refractivity contribution >= 4 is 47.2 Å². The highest BCUT2D eigenvalue weighted by atomic mass is 32.2. The van der Waals surface area contributed by atoms with Crippen LogP contribution in [-0.2, 0) is 16.1 Å². The zero-order valence-electron chi connectivity index (χ0n) is 24.1. The molecular weight excluding hydrogens is 536 g/mol. The highest BCUT2D eigenvalue weighted by Crippen LogP contribution is 2.61. The van der Waals surface area contributed by atoms with Crippen LogP contribution in [0, 0.1) is 24.7 Å². The normalized spacial score (nSPS) is 18.4. The molecule has 214 valence electrons. The lowest BCUT2D eigenvalue weighted by atomic mass is 9.61. The molecule has 4 rings (SSSR count). The van der Waals surface area contributed by atoms with E-state index in [0.29, 0.717) is 28.3 Å². The molecule has 2 amide bonds. The number of hydrazone groups is 2. The first kappa shape index (κ1) is 29.2. The molecule has 3 heterocycles. The van der Waals surface area contributed by atoms with E-state index < -0.39 is 27.8 Å². The van der Waals surface area contributed by atoms with Crippen LogP contribution in [0.2, 0.25) is 0 Å². The van der Waals surface area contributed by atoms with Crippen LogP contribution in [0.5, 0.6) is 5.75 Å². The van der Waals surface area contributed by atoms with Gasteiger partial charge in [-0.25, -0.2) is 14.9 Å². The summed E-state index contributed by atoms with van der Waals surface area (Å²) in [6, 6.07) is 0. The summed E-state index contributed by atoms with van der Waals surface area (Å²) in [6.45, 7) is 16.1. The number of hydrogen-bond acceptors (Lipinski definition) is 11. The number of carbonyl (C=O) groups is 3. The van der Waals surface area contributed by atoms with Crippen molar-refractivity contribution in [2.24, 2.45) is 25.4 Å². The lowest BCUT2D eigenvalue weighted by molar-refractivity contribution is -0.115. The minimum absolute atomic E-state index is 0.0346. The standard InChI is InChI=1S/C27H34N6O6S/c1-13-11-28-16(14(2)21(13)38-9)12-33-30-15-10-17(34)19-18(15)20(31-33)22(39-24(37)29-23(35)36)32-40-27(19,25(3,4)5)26(6,7)8/h11H,10,12H2,1-9H3,(H,29,37)(H,35,36). The second kappa shape index (κ2) is 10.0. The van der Waals surface area contributed by atoms with Crippen molar-refractivity contribution in [3.05, 3.63) is 34.2 Å². The van der Waals surface area contributed by atoms with E-state index in [1.54, 1.807) is 18.6 Å². The number of imide groups is 1. The lowest BCUT2D eigenvalue weighted by Crippen LogP contribution is -2.53. The Bertz CT molecular complexity index is 1420. The summed E-state index contributed by atoms with van der Waals surface area (Å²) in [7, 11) is 1.59. The number of carbonyl (C=O) groups excluding carboxylic acids is 2. The molecule has 2 N–H and O–H groups in total. The van der Waals surface area contributed by atoms with Gasteiger partial charge in [0.25, 0.3) is 5.90 Å². The van der Waals surface area contributed by atoms with Crippen molar-refractivity contribution in [1.82, 2.24) is 15.4 Å². The number of Topliss-reactive ketones (excluding diaryl/α,β-unsaturated/α-hetero) is 1. The first-order chi connectivity index (χ1) is 18.5. The number of hydrogen-bond donors (Lipinski definition) is 2. The van der Waals surface area contributed by atoms with Crippen LogP contribution in [0.15, 0.2) is 31.9 Å². The van der Waals surface area contributed by atoms with Gasteiger partial charge in [-0.1, -0.05) is 41.5 Å². The molecule has 0 saturated carbocycles. The Hall–Kier alpha value is -3.74. The Balaban J connectivity index is 1.93. The average molecular weight is 571 g/mol. The summed E-state index contributed by atoms with van der Waals surface area (Å²) in [5.41, 5.74) is 2.94. The van der Waals surface area contributed by atoms with E-state index >= 15 is 0 Å². The van der Waals surface area contributed by atoms with Crippen molar-refractivity contribution < 1.29 is 29.0 Å². The Morgan fingerprint density at radius 1 is 1.15 bits per heavy atom. The summed E-state index contributed by atoms with van der Waals surface area (Å²) in [5.74, 6) is 0.367. The number of pyridine rings is 1. The molecule has 0 aromatic carbocycles. The third-order valence-electron chi connectivity index (χ3n) is 7.21. The van der Waals surface area contributed by atoms with Crippen molar-refractivity contribution in [1.29, 1.82) is 0 Å². The fraction of sp³-hybridized carbons (Fsp3) is 0.519. The molecular formula is C27H34N6O6S. The van der Waals surface area contributed by atoms with Gasteiger partial charge in [-0.15, -0.1) is 5.10 Å². The molecule has 40 heavy (non-hydrogen) atoms. The van der Waals surface area contributed by atoms with Gasteiger partial charge in [0, 0.05) is 28.5 Å². The fourth-order valence-electron chi connectivity index (χ4n) is 5.85. The number of ketones is 1. The number of rotatable bonds is 3. The van der Waals surface area contributed by atoms with Gasteiger partial charge in [0.2, 0.25) is 0 Å². The van der Waals surface area contributed by atoms with E-state index in [4.69, 9.17) is 19.7 Å². The summed E-state index contributed by atoms with van der Waals surface area (Å²) >= 11 is 1.13. The van der Waals surface area contributed by atoms with Gasteiger partial charge < -0.3 is 14.6 Å². The SMILES string of the molecule is COc1c(C)cnc(CN2N=C3CC(=O)C4=C3C(=N2)C(OC(=O)NC(=O)O)=NSC4(C(C)(C)C)C(C)(C)C)c1C. The summed E-state index contributed by atoms with van der Waals surface area (Å²) in [6.07, 6.45) is -1.08. The zero-order valence-corrected chi connectivity index (χ0v) is 24.9. The second-order valence-electron chi connectivity index (χ2n) is 11.9. The largest absolute Gasteiger partial charge is 0.496 e. The minimum Gasteiger partial charge on any atom is -0.496 e. The number of aryl methyl sites for hydroxylation is 1. The molecule has 1 aromatic heterocycles. The minimum atomic E-state index is -1.58. The van der Waals surface area contributed by atoms with E-state index in [-0.39, 0.29) is 30.4 Å². The fourth-order valence-corrected chi connectivity index (χ4v) is 7.05. The van der Waals surface area contributed by atoms with E-state index in [1.807, 2.05) is 55.4 Å². The van der Waals surface area contributed by atoms with Crippen molar-refractivity contribution in [2.45, 2.75) is 73.1 Å². The molecule has 0 atom stereocenters. The highest BCUT2D eigenvalue weighted by molar-refractivity contribution is 8.00. The molecule has 3 aliphatic rings. The molecule has 1 aromatic rings. The quantitative estimate of drug-likeness (QED) is 0.488. The maximum atomic E-state index is 13.8. The van der Waals surface area contributed by atoms with E-state index in [1.165, 1.54) is 5.12 Å². The number of alkyl carbamates (subject to hydrolysis) is 1. The Morgan fingerprint density at radius 3 is 2.38 bits per heavy atom. The average Bonchev–Trinajstić information content (AvgIpc) is 3.04. The molecule has 13 heteroatoms. The summed E-state index contributed by atoms with van der Waals surface area (Å²) in [4.78, 5) is 41.9. The van der Waals surface area contributed by atoms with Crippen molar-refractivity contribution in [2.75, 3.05) is 7.11 Å². The van der Waals surface area contributed by atoms with Gasteiger partial charge in [0.05, 0.1) is 29.7 Å². The molecule has 0 spiro atoms. The van der Waals surface area contributed by atoms with Gasteiger partial charge in [-0.05, 0) is 36.6 Å². The molecule has 0 unspecified atom stereocenters. The lowest BCUT2D eigenvalue weighted by Gasteiger charge is -2.52. The van der Waals surface area contributed by atoms with Gasteiger partial charge in [-0.2, -0.15) is 14.6 Å². The monoisotopic (exact) mass is 570 g/mol. The molecule has 0 fully saturated rings. The van der Waals surface area contributed by atoms with E-state index in [2.05, 4.69) is 14.5 Å². The van der Waals surface area contributed by atoms with Crippen LogP contribution in [0.3, 0.4) is 0 Å². The number of aromatic nitrogens is 1. The Labute approximate surface area is 237 Å². The van der Waals surface area contributed by atoms with Gasteiger partial charge >= 0.3 is 12.2 Å². The maximum Gasteiger partial charge on any atom is 0.423 e. The summed E-state index contributed by atoms with van der Waals surface area (Å²) in [5, 5.41) is 21.5. The predicted octanol–water partition coefficient (Wildman–Crippen LogP) is 4.80. The van der Waals surface area contributed by atoms with Crippen LogP contribution in [0.4, 0.5) is 9.59 Å². The zero-order chi connectivity index (χ0) is 29.8. The highest BCUT2D eigenvalue weighted by Gasteiger charge is 2.61. The molecule has 0 bridgehead atoms. The first-order valence-electron chi connectivity index (χ1n) is 12.7. The van der Waals surface area contributed by atoms with E-state index in [9.17, 15) is 14.4 Å². The number of nitrogens with one attached hydrogen (secondary N) is 1. The van der Waals surface area contributed by atoms with Crippen LogP contribution in [0.1, 0.15) is 64.8 Å². The second-order valence-corrected chi connectivity index (χ2v) is 12.9. The third-order valence-corrected chi connectivity index (χ3v) is 9.17. The molecule has 0 saturated heterocycles. The maximum absolute atomic E-state index is 13.8. The number of nitrogens with zero attached hydrogens (tertiary/aromatic N) is 5. The van der Waals surface area contributed by atoms with Gasteiger partial charge in [-0.3, -0.25) is 9.78 Å².